The standard InChI is InChI=1S/C15H23NO/c1-5-7-14(17)13-8-11-16(12-13)10-6-9-15(2,3)4/h8,11-12,14,17H,5,7,10H2,1-4H3. The molecule has 0 aromatic carbocycles. The molecule has 0 saturated carbocycles. The molecule has 0 amide bonds. The lowest BCUT2D eigenvalue weighted by Gasteiger charge is -2.07. The van der Waals surface area contributed by atoms with Gasteiger partial charge in [0.2, 0.25) is 0 Å². The molecule has 0 radical (unpaired) electrons. The van der Waals surface area contributed by atoms with Gasteiger partial charge in [-0.2, -0.15) is 0 Å². The van der Waals surface area contributed by atoms with Crippen LogP contribution in [-0.2, 0) is 6.54 Å². The van der Waals surface area contributed by atoms with E-state index in [-0.39, 0.29) is 11.5 Å². The number of aromatic nitrogens is 1. The van der Waals surface area contributed by atoms with Crippen molar-refractivity contribution in [3.05, 3.63) is 24.0 Å². The van der Waals surface area contributed by atoms with Crippen LogP contribution < -0.4 is 0 Å². The Morgan fingerprint density at radius 2 is 2.12 bits per heavy atom. The summed E-state index contributed by atoms with van der Waals surface area (Å²) in [5.41, 5.74) is 1.04. The zero-order valence-corrected chi connectivity index (χ0v) is 11.3. The highest BCUT2D eigenvalue weighted by atomic mass is 16.3. The predicted octanol–water partition coefficient (Wildman–Crippen LogP) is 3.37. The van der Waals surface area contributed by atoms with Gasteiger partial charge in [0.15, 0.2) is 0 Å². The topological polar surface area (TPSA) is 25.2 Å². The third-order valence-electron chi connectivity index (χ3n) is 2.45. The van der Waals surface area contributed by atoms with E-state index in [2.05, 4.69) is 39.5 Å². The Labute approximate surface area is 105 Å². The van der Waals surface area contributed by atoms with Crippen molar-refractivity contribution >= 4 is 0 Å². The van der Waals surface area contributed by atoms with Gasteiger partial charge in [0, 0.05) is 17.8 Å². The second-order valence-corrected chi connectivity index (χ2v) is 5.47. The Hall–Kier alpha value is -1.20. The quantitative estimate of drug-likeness (QED) is 0.792. The van der Waals surface area contributed by atoms with Crippen molar-refractivity contribution in [3.63, 3.8) is 0 Å². The van der Waals surface area contributed by atoms with Crippen molar-refractivity contribution < 1.29 is 5.11 Å². The van der Waals surface area contributed by atoms with Gasteiger partial charge in [0.25, 0.3) is 0 Å². The Morgan fingerprint density at radius 1 is 1.41 bits per heavy atom. The van der Waals surface area contributed by atoms with E-state index >= 15 is 0 Å². The van der Waals surface area contributed by atoms with Crippen LogP contribution in [0.1, 0.15) is 52.2 Å². The molecule has 0 fully saturated rings. The lowest BCUT2D eigenvalue weighted by molar-refractivity contribution is 0.166. The van der Waals surface area contributed by atoms with Crippen molar-refractivity contribution in [1.29, 1.82) is 0 Å². The monoisotopic (exact) mass is 233 g/mol. The molecule has 1 atom stereocenters. The third kappa shape index (κ3) is 5.10. The van der Waals surface area contributed by atoms with Gasteiger partial charge in [0.05, 0.1) is 12.6 Å². The van der Waals surface area contributed by atoms with Gasteiger partial charge in [-0.1, -0.05) is 25.2 Å². The average Bonchev–Trinajstić information content (AvgIpc) is 2.65. The summed E-state index contributed by atoms with van der Waals surface area (Å²) in [5.74, 6) is 6.36. The fraction of sp³-hybridized carbons (Fsp3) is 0.600. The van der Waals surface area contributed by atoms with Crippen molar-refractivity contribution in [2.75, 3.05) is 0 Å². The first-order valence-electron chi connectivity index (χ1n) is 6.26. The number of hydrogen-bond acceptors (Lipinski definition) is 1. The SMILES string of the molecule is CCCC(O)c1ccn(CC#CC(C)(C)C)c1. The van der Waals surface area contributed by atoms with E-state index in [1.165, 1.54) is 0 Å². The van der Waals surface area contributed by atoms with Crippen LogP contribution >= 0.6 is 0 Å². The minimum Gasteiger partial charge on any atom is -0.388 e. The van der Waals surface area contributed by atoms with Crippen LogP contribution in [0.5, 0.6) is 0 Å². The van der Waals surface area contributed by atoms with Crippen molar-refractivity contribution in [3.8, 4) is 11.8 Å². The second kappa shape index (κ2) is 5.93. The normalized spacial score (nSPS) is 13.0. The van der Waals surface area contributed by atoms with Gasteiger partial charge in [0.1, 0.15) is 0 Å². The van der Waals surface area contributed by atoms with E-state index in [1.807, 2.05) is 23.0 Å². The van der Waals surface area contributed by atoms with Crippen molar-refractivity contribution in [2.24, 2.45) is 5.41 Å². The van der Waals surface area contributed by atoms with E-state index in [1.54, 1.807) is 0 Å². The van der Waals surface area contributed by atoms with Crippen LogP contribution in [0.25, 0.3) is 0 Å². The number of hydrogen-bond donors (Lipinski definition) is 1. The van der Waals surface area contributed by atoms with Crippen LogP contribution in [0.4, 0.5) is 0 Å². The number of nitrogens with zero attached hydrogens (tertiary/aromatic N) is 1. The number of rotatable bonds is 4. The molecule has 1 aromatic heterocycles. The molecular formula is C15H23NO. The molecule has 0 aliphatic rings. The Morgan fingerprint density at radius 3 is 2.71 bits per heavy atom. The Balaban J connectivity index is 2.59. The molecule has 0 saturated heterocycles. The van der Waals surface area contributed by atoms with Crippen LogP contribution in [0, 0.1) is 17.3 Å². The highest BCUT2D eigenvalue weighted by Crippen LogP contribution is 2.18. The molecule has 0 bridgehead atoms. The van der Waals surface area contributed by atoms with Gasteiger partial charge >= 0.3 is 0 Å². The van der Waals surface area contributed by atoms with Crippen LogP contribution in [-0.4, -0.2) is 9.67 Å². The molecule has 0 aliphatic heterocycles. The molecule has 94 valence electrons. The highest BCUT2D eigenvalue weighted by molar-refractivity contribution is 5.15. The van der Waals surface area contributed by atoms with E-state index in [0.29, 0.717) is 6.54 Å². The first kappa shape index (κ1) is 13.9. The smallest absolute Gasteiger partial charge is 0.0831 e. The van der Waals surface area contributed by atoms with Crippen LogP contribution in [0.15, 0.2) is 18.5 Å². The zero-order chi connectivity index (χ0) is 12.9. The predicted molar refractivity (Wildman–Crippen MR) is 71.5 cm³/mol. The molecule has 1 N–H and O–H groups in total. The van der Waals surface area contributed by atoms with Gasteiger partial charge in [-0.25, -0.2) is 0 Å². The lowest BCUT2D eigenvalue weighted by atomic mass is 9.98. The Kier molecular flexibility index (Phi) is 4.84. The van der Waals surface area contributed by atoms with E-state index < -0.39 is 0 Å². The summed E-state index contributed by atoms with van der Waals surface area (Å²) in [6.45, 7) is 9.08. The second-order valence-electron chi connectivity index (χ2n) is 5.47. The Bertz CT molecular complexity index is 401. The van der Waals surface area contributed by atoms with Crippen molar-refractivity contribution in [1.82, 2.24) is 4.57 Å². The van der Waals surface area contributed by atoms with E-state index in [0.717, 1.165) is 18.4 Å². The molecular weight excluding hydrogens is 210 g/mol. The molecule has 1 rings (SSSR count). The summed E-state index contributed by atoms with van der Waals surface area (Å²) in [5, 5.41) is 9.84. The van der Waals surface area contributed by atoms with E-state index in [4.69, 9.17) is 0 Å². The minimum atomic E-state index is -0.336. The molecule has 17 heavy (non-hydrogen) atoms. The van der Waals surface area contributed by atoms with Gasteiger partial charge < -0.3 is 9.67 Å². The van der Waals surface area contributed by atoms with Crippen LogP contribution in [0.3, 0.4) is 0 Å². The molecule has 0 aliphatic carbocycles. The molecule has 0 spiro atoms. The fourth-order valence-electron chi connectivity index (χ4n) is 1.59. The summed E-state index contributed by atoms with van der Waals surface area (Å²) in [6.07, 6.45) is 5.44. The summed E-state index contributed by atoms with van der Waals surface area (Å²) in [7, 11) is 0. The molecule has 1 heterocycles. The maximum Gasteiger partial charge on any atom is 0.0831 e. The fourth-order valence-corrected chi connectivity index (χ4v) is 1.59. The van der Waals surface area contributed by atoms with Gasteiger partial charge in [-0.3, -0.25) is 0 Å². The molecule has 2 nitrogen and oxygen atoms in total. The minimum absolute atomic E-state index is 0.0533. The lowest BCUT2D eigenvalue weighted by Crippen LogP contribution is -2.01. The average molecular weight is 233 g/mol. The summed E-state index contributed by atoms with van der Waals surface area (Å²) < 4.78 is 2.02. The third-order valence-corrected chi connectivity index (χ3v) is 2.45. The summed E-state index contributed by atoms with van der Waals surface area (Å²) in [4.78, 5) is 0. The largest absolute Gasteiger partial charge is 0.388 e. The molecule has 2 heteroatoms. The van der Waals surface area contributed by atoms with Gasteiger partial charge in [-0.15, -0.1) is 0 Å². The summed E-state index contributed by atoms with van der Waals surface area (Å²) in [6, 6.07) is 1.97. The first-order chi connectivity index (χ1) is 7.92. The highest BCUT2D eigenvalue weighted by Gasteiger charge is 2.07. The maximum atomic E-state index is 9.84. The van der Waals surface area contributed by atoms with Crippen molar-refractivity contribution in [2.45, 2.75) is 53.2 Å². The van der Waals surface area contributed by atoms with Crippen LogP contribution in [0.2, 0.25) is 0 Å². The zero-order valence-electron chi connectivity index (χ0n) is 11.3. The maximum absolute atomic E-state index is 9.84. The number of aliphatic hydroxyl groups excluding tert-OH is 1. The summed E-state index contributed by atoms with van der Waals surface area (Å²) >= 11 is 0. The van der Waals surface area contributed by atoms with Gasteiger partial charge in [-0.05, 0) is 38.8 Å². The van der Waals surface area contributed by atoms with E-state index in [9.17, 15) is 5.11 Å². The number of aliphatic hydroxyl groups is 1. The molecule has 1 unspecified atom stereocenters. The first-order valence-corrected chi connectivity index (χ1v) is 6.26. The molecule has 1 aromatic rings.